The molecule has 1 unspecified atom stereocenters. The van der Waals surface area contributed by atoms with E-state index in [4.69, 9.17) is 9.47 Å². The standard InChI is InChI=1S/C27H27N3O5/c1-34-22-12-8-20(9-13-22)28-27(33)29(17-16-19-6-4-3-5-7-19)24-18-25(31)30(26(24)32)21-10-14-23(35-2)15-11-21/h3-15,24H,16-18H2,1-2H3,(H,28,33). The first kappa shape index (κ1) is 23.8. The maximum Gasteiger partial charge on any atom is 0.322 e. The molecule has 3 aromatic rings. The highest BCUT2D eigenvalue weighted by molar-refractivity contribution is 6.23. The number of ether oxygens (including phenoxy) is 2. The van der Waals surface area contributed by atoms with E-state index in [0.29, 0.717) is 29.3 Å². The van der Waals surface area contributed by atoms with Gasteiger partial charge in [-0.25, -0.2) is 9.69 Å². The third-order valence-corrected chi connectivity index (χ3v) is 5.92. The zero-order chi connectivity index (χ0) is 24.8. The number of hydrogen-bond donors (Lipinski definition) is 1. The molecule has 0 aromatic heterocycles. The van der Waals surface area contributed by atoms with Crippen LogP contribution in [0.5, 0.6) is 11.5 Å². The first-order chi connectivity index (χ1) is 17.0. The third kappa shape index (κ3) is 5.43. The van der Waals surface area contributed by atoms with Crippen LogP contribution in [0.15, 0.2) is 78.9 Å². The summed E-state index contributed by atoms with van der Waals surface area (Å²) >= 11 is 0. The van der Waals surface area contributed by atoms with Gasteiger partial charge in [0.15, 0.2) is 0 Å². The molecular formula is C27H27N3O5. The van der Waals surface area contributed by atoms with Gasteiger partial charge in [-0.3, -0.25) is 9.59 Å². The number of nitrogens with one attached hydrogen (secondary N) is 1. The van der Waals surface area contributed by atoms with Crippen LogP contribution < -0.4 is 19.7 Å². The van der Waals surface area contributed by atoms with E-state index in [9.17, 15) is 14.4 Å². The summed E-state index contributed by atoms with van der Waals surface area (Å²) in [5.74, 6) is 0.494. The zero-order valence-corrected chi connectivity index (χ0v) is 19.6. The molecule has 4 rings (SSSR count). The van der Waals surface area contributed by atoms with Crippen LogP contribution >= 0.6 is 0 Å². The molecule has 0 spiro atoms. The minimum absolute atomic E-state index is 0.0876. The van der Waals surface area contributed by atoms with E-state index in [0.717, 1.165) is 10.5 Å². The molecule has 0 radical (unpaired) electrons. The lowest BCUT2D eigenvalue weighted by atomic mass is 10.1. The van der Waals surface area contributed by atoms with E-state index < -0.39 is 18.0 Å². The Morgan fingerprint density at radius 2 is 1.51 bits per heavy atom. The maximum absolute atomic E-state index is 13.4. The molecule has 1 atom stereocenters. The number of nitrogens with zero attached hydrogens (tertiary/aromatic N) is 2. The summed E-state index contributed by atoms with van der Waals surface area (Å²) in [5.41, 5.74) is 2.03. The predicted molar refractivity (Wildman–Crippen MR) is 133 cm³/mol. The Bertz CT molecular complexity index is 1180. The molecule has 8 nitrogen and oxygen atoms in total. The number of urea groups is 1. The van der Waals surface area contributed by atoms with Crippen LogP contribution in [-0.4, -0.2) is 49.6 Å². The molecule has 8 heteroatoms. The quantitative estimate of drug-likeness (QED) is 0.498. The number of hydrogen-bond acceptors (Lipinski definition) is 5. The number of carbonyl (C=O) groups excluding carboxylic acids is 3. The van der Waals surface area contributed by atoms with Crippen LogP contribution in [0.3, 0.4) is 0 Å². The molecule has 35 heavy (non-hydrogen) atoms. The van der Waals surface area contributed by atoms with Gasteiger partial charge in [0.1, 0.15) is 17.5 Å². The number of imide groups is 1. The van der Waals surface area contributed by atoms with Crippen molar-refractivity contribution in [1.29, 1.82) is 0 Å². The first-order valence-electron chi connectivity index (χ1n) is 11.3. The molecule has 1 heterocycles. The number of amides is 4. The van der Waals surface area contributed by atoms with Crippen molar-refractivity contribution >= 4 is 29.2 Å². The van der Waals surface area contributed by atoms with Gasteiger partial charge in [0.05, 0.1) is 26.3 Å². The van der Waals surface area contributed by atoms with E-state index in [1.54, 1.807) is 62.8 Å². The minimum Gasteiger partial charge on any atom is -0.497 e. The van der Waals surface area contributed by atoms with Crippen molar-refractivity contribution in [2.45, 2.75) is 18.9 Å². The van der Waals surface area contributed by atoms with Crippen LogP contribution in [-0.2, 0) is 16.0 Å². The van der Waals surface area contributed by atoms with Crippen molar-refractivity contribution in [1.82, 2.24) is 4.90 Å². The largest absolute Gasteiger partial charge is 0.497 e. The third-order valence-electron chi connectivity index (χ3n) is 5.92. The van der Waals surface area contributed by atoms with Gasteiger partial charge in [0.2, 0.25) is 5.91 Å². The Morgan fingerprint density at radius 1 is 0.914 bits per heavy atom. The van der Waals surface area contributed by atoms with E-state index >= 15 is 0 Å². The summed E-state index contributed by atoms with van der Waals surface area (Å²) in [6, 6.07) is 21.9. The number of carbonyl (C=O) groups is 3. The fourth-order valence-electron chi connectivity index (χ4n) is 4.02. The molecule has 1 aliphatic heterocycles. The van der Waals surface area contributed by atoms with E-state index in [-0.39, 0.29) is 18.9 Å². The summed E-state index contributed by atoms with van der Waals surface area (Å²) in [6.07, 6.45) is 0.451. The fraction of sp³-hybridized carbons (Fsp3) is 0.222. The molecule has 3 aromatic carbocycles. The second-order valence-corrected chi connectivity index (χ2v) is 8.07. The summed E-state index contributed by atoms with van der Waals surface area (Å²) in [5, 5.41) is 2.84. The van der Waals surface area contributed by atoms with Crippen molar-refractivity contribution in [3.8, 4) is 11.5 Å². The van der Waals surface area contributed by atoms with Crippen LogP contribution in [0.4, 0.5) is 16.2 Å². The zero-order valence-electron chi connectivity index (χ0n) is 19.6. The summed E-state index contributed by atoms with van der Waals surface area (Å²) in [4.78, 5) is 42.2. The van der Waals surface area contributed by atoms with Gasteiger partial charge in [0.25, 0.3) is 5.91 Å². The SMILES string of the molecule is COc1ccc(NC(=O)N(CCc2ccccc2)C2CC(=O)N(c3ccc(OC)cc3)C2=O)cc1. The predicted octanol–water partition coefficient (Wildman–Crippen LogP) is 4.11. The maximum atomic E-state index is 13.4. The molecule has 1 fully saturated rings. The van der Waals surface area contributed by atoms with Gasteiger partial charge in [0, 0.05) is 12.2 Å². The Kier molecular flexibility index (Phi) is 7.30. The van der Waals surface area contributed by atoms with Gasteiger partial charge >= 0.3 is 6.03 Å². The molecule has 0 saturated carbocycles. The minimum atomic E-state index is -0.911. The second-order valence-electron chi connectivity index (χ2n) is 8.07. The van der Waals surface area contributed by atoms with Gasteiger partial charge in [-0.15, -0.1) is 0 Å². The number of benzene rings is 3. The lowest BCUT2D eigenvalue weighted by molar-refractivity contribution is -0.122. The summed E-state index contributed by atoms with van der Waals surface area (Å²) in [7, 11) is 3.11. The molecule has 4 amide bonds. The summed E-state index contributed by atoms with van der Waals surface area (Å²) in [6.45, 7) is 0.270. The summed E-state index contributed by atoms with van der Waals surface area (Å²) < 4.78 is 10.3. The highest BCUT2D eigenvalue weighted by Gasteiger charge is 2.44. The molecule has 0 bridgehead atoms. The molecule has 180 valence electrons. The van der Waals surface area contributed by atoms with Crippen LogP contribution in [0.25, 0.3) is 0 Å². The number of rotatable bonds is 8. The molecule has 0 aliphatic carbocycles. The number of anilines is 2. The van der Waals surface area contributed by atoms with E-state index in [2.05, 4.69) is 5.32 Å². The van der Waals surface area contributed by atoms with Crippen LogP contribution in [0.1, 0.15) is 12.0 Å². The van der Waals surface area contributed by atoms with Crippen LogP contribution in [0, 0.1) is 0 Å². The van der Waals surface area contributed by atoms with E-state index in [1.807, 2.05) is 30.3 Å². The van der Waals surface area contributed by atoms with Crippen molar-refractivity contribution < 1.29 is 23.9 Å². The molecule has 1 aliphatic rings. The Labute approximate surface area is 204 Å². The van der Waals surface area contributed by atoms with Crippen molar-refractivity contribution in [3.63, 3.8) is 0 Å². The normalized spacial score (nSPS) is 15.1. The highest BCUT2D eigenvalue weighted by atomic mass is 16.5. The fourth-order valence-corrected chi connectivity index (χ4v) is 4.02. The van der Waals surface area contributed by atoms with Gasteiger partial charge < -0.3 is 19.7 Å². The average molecular weight is 474 g/mol. The van der Waals surface area contributed by atoms with Crippen molar-refractivity contribution in [2.75, 3.05) is 31.0 Å². The van der Waals surface area contributed by atoms with Gasteiger partial charge in [-0.1, -0.05) is 30.3 Å². The molecule has 1 saturated heterocycles. The Balaban J connectivity index is 1.56. The van der Waals surface area contributed by atoms with E-state index in [1.165, 1.54) is 4.90 Å². The lowest BCUT2D eigenvalue weighted by Gasteiger charge is -2.28. The van der Waals surface area contributed by atoms with Crippen molar-refractivity contribution in [3.05, 3.63) is 84.4 Å². The first-order valence-corrected chi connectivity index (χ1v) is 11.3. The monoisotopic (exact) mass is 473 g/mol. The number of methoxy groups -OCH3 is 2. The topological polar surface area (TPSA) is 88.2 Å². The van der Waals surface area contributed by atoms with Gasteiger partial charge in [-0.2, -0.15) is 0 Å². The van der Waals surface area contributed by atoms with Crippen LogP contribution in [0.2, 0.25) is 0 Å². The second kappa shape index (κ2) is 10.7. The van der Waals surface area contributed by atoms with Gasteiger partial charge in [-0.05, 0) is 60.5 Å². The average Bonchev–Trinajstić information content (AvgIpc) is 3.18. The molecular weight excluding hydrogens is 446 g/mol. The smallest absolute Gasteiger partial charge is 0.322 e. The Morgan fingerprint density at radius 3 is 2.11 bits per heavy atom. The van der Waals surface area contributed by atoms with Crippen molar-refractivity contribution in [2.24, 2.45) is 0 Å². The lowest BCUT2D eigenvalue weighted by Crippen LogP contribution is -2.48. The Hall–Kier alpha value is -4.33. The highest BCUT2D eigenvalue weighted by Crippen LogP contribution is 2.28. The molecule has 1 N–H and O–H groups in total.